The van der Waals surface area contributed by atoms with Crippen molar-refractivity contribution in [2.75, 3.05) is 0 Å². The molecule has 8 heteroatoms. The fourth-order valence-corrected chi connectivity index (χ4v) is 4.54. The second kappa shape index (κ2) is 7.90. The standard InChI is InChI=1S/C25H14BrNO6/c26-15-10-8-13(9-11-15)19-20-22(29)17-6-1-2-7-18(17)23(30)25(20)33-24(19)21(28)14-4-3-5-16(12-14)27(31)32/h1-12,19,24H/t19-,24-/m1/s1. The molecule has 0 N–H and O–H groups in total. The number of nitro benzene ring substituents is 1. The summed E-state index contributed by atoms with van der Waals surface area (Å²) in [7, 11) is 0. The van der Waals surface area contributed by atoms with E-state index in [0.29, 0.717) is 5.56 Å². The van der Waals surface area contributed by atoms with Gasteiger partial charge >= 0.3 is 0 Å². The molecule has 2 aliphatic rings. The van der Waals surface area contributed by atoms with Crippen LogP contribution in [0.4, 0.5) is 5.69 Å². The lowest BCUT2D eigenvalue weighted by molar-refractivity contribution is -0.384. The summed E-state index contributed by atoms with van der Waals surface area (Å²) in [5.74, 6) is -2.37. The molecule has 0 saturated heterocycles. The summed E-state index contributed by atoms with van der Waals surface area (Å²) in [6.07, 6.45) is -1.22. The largest absolute Gasteiger partial charge is 0.477 e. The minimum absolute atomic E-state index is 0.0635. The van der Waals surface area contributed by atoms with Crippen molar-refractivity contribution >= 4 is 39.0 Å². The van der Waals surface area contributed by atoms with Crippen LogP contribution in [0.5, 0.6) is 0 Å². The van der Waals surface area contributed by atoms with Crippen molar-refractivity contribution in [3.05, 3.63) is 121 Å². The lowest BCUT2D eigenvalue weighted by Crippen LogP contribution is -2.28. The molecule has 1 heterocycles. The van der Waals surface area contributed by atoms with E-state index in [0.717, 1.165) is 4.47 Å². The summed E-state index contributed by atoms with van der Waals surface area (Å²) >= 11 is 3.37. The van der Waals surface area contributed by atoms with Gasteiger partial charge in [0.2, 0.25) is 11.6 Å². The molecule has 3 aromatic carbocycles. The summed E-state index contributed by atoms with van der Waals surface area (Å²) in [5, 5.41) is 11.2. The number of benzene rings is 3. The average molecular weight is 504 g/mol. The first-order valence-corrected chi connectivity index (χ1v) is 10.8. The zero-order valence-corrected chi connectivity index (χ0v) is 18.4. The van der Waals surface area contributed by atoms with E-state index in [-0.39, 0.29) is 39.5 Å². The van der Waals surface area contributed by atoms with Crippen LogP contribution < -0.4 is 0 Å². The molecular formula is C25H14BrNO6. The molecule has 5 rings (SSSR count). The lowest BCUT2D eigenvalue weighted by atomic mass is 9.78. The van der Waals surface area contributed by atoms with E-state index in [2.05, 4.69) is 15.9 Å². The fourth-order valence-electron chi connectivity index (χ4n) is 4.27. The Labute approximate surface area is 196 Å². The molecule has 1 aliphatic carbocycles. The number of Topliss-reactive ketones (excluding diaryl/α,β-unsaturated/α-hetero) is 3. The molecule has 0 amide bonds. The molecule has 0 fully saturated rings. The molecule has 0 spiro atoms. The van der Waals surface area contributed by atoms with E-state index >= 15 is 0 Å². The van der Waals surface area contributed by atoms with Crippen LogP contribution in [0.2, 0.25) is 0 Å². The van der Waals surface area contributed by atoms with Crippen molar-refractivity contribution in [3.8, 4) is 0 Å². The third-order valence-electron chi connectivity index (χ3n) is 5.80. The van der Waals surface area contributed by atoms with Crippen LogP contribution in [0.1, 0.15) is 42.6 Å². The van der Waals surface area contributed by atoms with Gasteiger partial charge in [0.25, 0.3) is 5.69 Å². The zero-order chi connectivity index (χ0) is 23.3. The predicted molar refractivity (Wildman–Crippen MR) is 121 cm³/mol. The number of hydrogen-bond donors (Lipinski definition) is 0. The first-order chi connectivity index (χ1) is 15.9. The van der Waals surface area contributed by atoms with Gasteiger partial charge in [-0.2, -0.15) is 0 Å². The molecule has 2 atom stereocenters. The summed E-state index contributed by atoms with van der Waals surface area (Å²) in [6, 6.07) is 18.8. The number of carbonyl (C=O) groups is 3. The Morgan fingerprint density at radius 1 is 0.909 bits per heavy atom. The minimum atomic E-state index is -1.22. The molecule has 0 saturated carbocycles. The Morgan fingerprint density at radius 3 is 2.24 bits per heavy atom. The number of nitro groups is 1. The van der Waals surface area contributed by atoms with Crippen LogP contribution in [-0.4, -0.2) is 28.4 Å². The maximum Gasteiger partial charge on any atom is 0.270 e. The highest BCUT2D eigenvalue weighted by atomic mass is 79.9. The number of carbonyl (C=O) groups excluding carboxylic acids is 3. The maximum absolute atomic E-state index is 13.5. The number of hydrogen-bond acceptors (Lipinski definition) is 6. The van der Waals surface area contributed by atoms with Crippen LogP contribution in [0.3, 0.4) is 0 Å². The Hall–Kier alpha value is -3.91. The predicted octanol–water partition coefficient (Wildman–Crippen LogP) is 5.06. The molecule has 0 aromatic heterocycles. The van der Waals surface area contributed by atoms with Gasteiger partial charge in [0, 0.05) is 33.3 Å². The molecule has 162 valence electrons. The van der Waals surface area contributed by atoms with Gasteiger partial charge in [0.15, 0.2) is 17.6 Å². The van der Waals surface area contributed by atoms with Crippen LogP contribution in [0.25, 0.3) is 0 Å². The maximum atomic E-state index is 13.5. The minimum Gasteiger partial charge on any atom is -0.477 e. The summed E-state index contributed by atoms with van der Waals surface area (Å²) in [4.78, 5) is 50.7. The van der Waals surface area contributed by atoms with Crippen molar-refractivity contribution < 1.29 is 24.0 Å². The Balaban J connectivity index is 1.64. The van der Waals surface area contributed by atoms with Crippen LogP contribution in [0.15, 0.2) is 88.6 Å². The van der Waals surface area contributed by atoms with E-state index in [1.54, 1.807) is 48.5 Å². The highest BCUT2D eigenvalue weighted by Crippen LogP contribution is 2.46. The fraction of sp³-hybridized carbons (Fsp3) is 0.0800. The van der Waals surface area contributed by atoms with Crippen LogP contribution >= 0.6 is 15.9 Å². The van der Waals surface area contributed by atoms with Gasteiger partial charge in [-0.15, -0.1) is 0 Å². The van der Waals surface area contributed by atoms with Crippen molar-refractivity contribution in [1.29, 1.82) is 0 Å². The number of ketones is 3. The van der Waals surface area contributed by atoms with Gasteiger partial charge in [-0.05, 0) is 17.7 Å². The number of fused-ring (bicyclic) bond motifs is 1. The van der Waals surface area contributed by atoms with E-state index in [9.17, 15) is 24.5 Å². The molecule has 0 bridgehead atoms. The van der Waals surface area contributed by atoms with Crippen molar-refractivity contribution in [3.63, 3.8) is 0 Å². The second-order valence-corrected chi connectivity index (χ2v) is 8.60. The lowest BCUT2D eigenvalue weighted by Gasteiger charge is -2.21. The topological polar surface area (TPSA) is 104 Å². The van der Waals surface area contributed by atoms with Crippen molar-refractivity contribution in [2.24, 2.45) is 0 Å². The summed E-state index contributed by atoms with van der Waals surface area (Å²) < 4.78 is 6.70. The number of ether oxygens (including phenoxy) is 1. The second-order valence-electron chi connectivity index (χ2n) is 7.69. The van der Waals surface area contributed by atoms with Gasteiger partial charge in [0.1, 0.15) is 0 Å². The highest BCUT2D eigenvalue weighted by molar-refractivity contribution is 9.10. The smallest absolute Gasteiger partial charge is 0.270 e. The van der Waals surface area contributed by atoms with E-state index in [4.69, 9.17) is 4.74 Å². The average Bonchev–Trinajstić information content (AvgIpc) is 3.24. The van der Waals surface area contributed by atoms with Crippen molar-refractivity contribution in [2.45, 2.75) is 12.0 Å². The molecule has 7 nitrogen and oxygen atoms in total. The van der Waals surface area contributed by atoms with Crippen molar-refractivity contribution in [1.82, 2.24) is 0 Å². The summed E-state index contributed by atoms with van der Waals surface area (Å²) in [6.45, 7) is 0. The third-order valence-corrected chi connectivity index (χ3v) is 6.33. The number of rotatable bonds is 4. The summed E-state index contributed by atoms with van der Waals surface area (Å²) in [5.41, 5.74) is 1.05. The molecule has 1 aliphatic heterocycles. The van der Waals surface area contributed by atoms with E-state index < -0.39 is 28.5 Å². The van der Waals surface area contributed by atoms with Gasteiger partial charge in [-0.3, -0.25) is 24.5 Å². The van der Waals surface area contributed by atoms with Gasteiger partial charge in [-0.25, -0.2) is 0 Å². The highest BCUT2D eigenvalue weighted by Gasteiger charge is 2.50. The molecular weight excluding hydrogens is 490 g/mol. The SMILES string of the molecule is O=C1C2=C(C(=O)c3ccccc31)[C@@H](c1ccc(Br)cc1)[C@H](C(=O)c1cccc([N+](=O)[O-])c1)O2. The first kappa shape index (κ1) is 21.0. The first-order valence-electron chi connectivity index (χ1n) is 10.00. The van der Waals surface area contributed by atoms with Crippen LogP contribution in [-0.2, 0) is 4.74 Å². The Morgan fingerprint density at radius 2 is 1.58 bits per heavy atom. The Kier molecular flexibility index (Phi) is 5.02. The zero-order valence-electron chi connectivity index (χ0n) is 16.9. The number of allylic oxidation sites excluding steroid dienone is 1. The normalized spacial score (nSPS) is 19.1. The third kappa shape index (κ3) is 3.39. The number of non-ortho nitro benzene ring substituents is 1. The van der Waals surface area contributed by atoms with E-state index in [1.807, 2.05) is 0 Å². The van der Waals surface area contributed by atoms with Crippen LogP contribution in [0, 0.1) is 10.1 Å². The molecule has 3 aromatic rings. The van der Waals surface area contributed by atoms with Gasteiger partial charge in [-0.1, -0.05) is 64.5 Å². The number of nitrogens with zero attached hydrogens (tertiary/aromatic N) is 1. The van der Waals surface area contributed by atoms with Gasteiger partial charge < -0.3 is 4.74 Å². The monoisotopic (exact) mass is 503 g/mol. The molecule has 0 unspecified atom stereocenters. The van der Waals surface area contributed by atoms with E-state index in [1.165, 1.54) is 24.3 Å². The van der Waals surface area contributed by atoms with Gasteiger partial charge in [0.05, 0.1) is 16.4 Å². The quantitative estimate of drug-likeness (QED) is 0.280. The Bertz CT molecular complexity index is 1390. The number of halogens is 1. The molecule has 0 radical (unpaired) electrons. The molecule has 33 heavy (non-hydrogen) atoms.